The number of amides is 2. The van der Waals surface area contributed by atoms with E-state index in [1.165, 1.54) is 4.90 Å². The highest BCUT2D eigenvalue weighted by Crippen LogP contribution is 2.46. The van der Waals surface area contributed by atoms with Crippen LogP contribution in [0.15, 0.2) is 51.5 Å². The first kappa shape index (κ1) is 27.5. The molecular weight excluding hydrogens is 546 g/mol. The third kappa shape index (κ3) is 6.65. The van der Waals surface area contributed by atoms with Gasteiger partial charge in [0.1, 0.15) is 6.61 Å². The quantitative estimate of drug-likeness (QED) is 0.456. The first-order valence-electron chi connectivity index (χ1n) is 10.8. The fourth-order valence-electron chi connectivity index (χ4n) is 3.59. The third-order valence-corrected chi connectivity index (χ3v) is 6.26. The minimum Gasteiger partial charge on any atom is -0.469 e. The summed E-state index contributed by atoms with van der Waals surface area (Å²) in [6.07, 6.45) is -7.01. The van der Waals surface area contributed by atoms with Gasteiger partial charge < -0.3 is 19.9 Å². The Morgan fingerprint density at radius 3 is 2.08 bits per heavy atom. The number of halogens is 6. The number of hydrogen-bond donors (Lipinski definition) is 3. The van der Waals surface area contributed by atoms with Crippen LogP contribution in [-0.4, -0.2) is 67.8 Å². The van der Waals surface area contributed by atoms with Crippen molar-refractivity contribution in [2.45, 2.75) is 19.0 Å². The van der Waals surface area contributed by atoms with Gasteiger partial charge in [-0.05, 0) is 35.9 Å². The molecule has 4 rings (SSSR count). The second-order valence-corrected chi connectivity index (χ2v) is 9.49. The maximum absolute atomic E-state index is 13.1. The van der Waals surface area contributed by atoms with E-state index in [1.807, 2.05) is 0 Å². The number of nitrogens with zero attached hydrogens (tertiary/aromatic N) is 5. The van der Waals surface area contributed by atoms with Crippen LogP contribution in [0, 0.1) is 0 Å². The summed E-state index contributed by atoms with van der Waals surface area (Å²) >= 11 is 0. The number of alkyl halides is 6. The van der Waals surface area contributed by atoms with Gasteiger partial charge >= 0.3 is 18.4 Å². The standard InChI is InChI=1S/C21H20F6N6O4S/c22-20(23,24)14-9-15(21(25,26)27)11-16(10-14)29-19(34)33-7-5-32(6-8-33)17-18(31-38(35,36)30-17)37-12-13-1-3-28-4-2-13/h1-4,9-11,35-36H,5-8,12H2,(H,29,34). The van der Waals surface area contributed by atoms with Gasteiger partial charge in [0.05, 0.1) is 11.1 Å². The maximum Gasteiger partial charge on any atom is 0.416 e. The zero-order chi connectivity index (χ0) is 27.7. The summed E-state index contributed by atoms with van der Waals surface area (Å²) in [6.45, 7) is 0.209. The van der Waals surface area contributed by atoms with Gasteiger partial charge in [0.15, 0.2) is 0 Å². The van der Waals surface area contributed by atoms with Gasteiger partial charge in [-0.2, -0.15) is 26.3 Å². The second kappa shape index (κ2) is 10.3. The Morgan fingerprint density at radius 1 is 0.947 bits per heavy atom. The Bertz CT molecular complexity index is 1210. The first-order chi connectivity index (χ1) is 17.7. The van der Waals surface area contributed by atoms with Crippen LogP contribution in [0.2, 0.25) is 0 Å². The second-order valence-electron chi connectivity index (χ2n) is 8.14. The molecule has 0 aliphatic carbocycles. The van der Waals surface area contributed by atoms with Crippen LogP contribution >= 0.6 is 11.0 Å². The Hall–Kier alpha value is -3.57. The summed E-state index contributed by atoms with van der Waals surface area (Å²) in [5, 5.41) is 2.09. The van der Waals surface area contributed by atoms with Crippen LogP contribution in [0.1, 0.15) is 16.7 Å². The zero-order valence-corrected chi connectivity index (χ0v) is 20.0. The van der Waals surface area contributed by atoms with Gasteiger partial charge in [-0.1, -0.05) is 4.40 Å². The molecule has 0 saturated carbocycles. The molecule has 1 aromatic carbocycles. The molecule has 0 bridgehead atoms. The van der Waals surface area contributed by atoms with E-state index in [-0.39, 0.29) is 50.6 Å². The molecule has 10 nitrogen and oxygen atoms in total. The van der Waals surface area contributed by atoms with E-state index >= 15 is 0 Å². The van der Waals surface area contributed by atoms with Crippen molar-refractivity contribution in [3.63, 3.8) is 0 Å². The molecule has 1 aromatic heterocycles. The third-order valence-electron chi connectivity index (χ3n) is 5.44. The van der Waals surface area contributed by atoms with Gasteiger partial charge in [-0.3, -0.25) is 14.1 Å². The highest BCUT2D eigenvalue weighted by atomic mass is 32.3. The molecule has 0 unspecified atom stereocenters. The molecule has 3 heterocycles. The summed E-state index contributed by atoms with van der Waals surface area (Å²) in [4.78, 5) is 19.3. The summed E-state index contributed by atoms with van der Waals surface area (Å²) in [7, 11) is -3.68. The lowest BCUT2D eigenvalue weighted by Crippen LogP contribution is -2.53. The average molecular weight is 566 g/mol. The van der Waals surface area contributed by atoms with E-state index in [0.29, 0.717) is 12.1 Å². The molecule has 1 saturated heterocycles. The van der Waals surface area contributed by atoms with Crippen LogP contribution in [0.3, 0.4) is 0 Å². The van der Waals surface area contributed by atoms with Crippen LogP contribution in [-0.2, 0) is 23.7 Å². The number of urea groups is 1. The van der Waals surface area contributed by atoms with E-state index in [9.17, 15) is 40.2 Å². The molecule has 2 aliphatic heterocycles. The lowest BCUT2D eigenvalue weighted by Gasteiger charge is -2.35. The summed E-state index contributed by atoms with van der Waals surface area (Å²) in [6, 6.07) is 3.27. The zero-order valence-electron chi connectivity index (χ0n) is 19.2. The van der Waals surface area contributed by atoms with Gasteiger partial charge in [0.2, 0.25) is 5.84 Å². The van der Waals surface area contributed by atoms with Crippen LogP contribution in [0.25, 0.3) is 0 Å². The van der Waals surface area contributed by atoms with Crippen molar-refractivity contribution in [1.29, 1.82) is 0 Å². The van der Waals surface area contributed by atoms with Gasteiger partial charge in [-0.25, -0.2) is 4.79 Å². The Balaban J connectivity index is 1.40. The van der Waals surface area contributed by atoms with Crippen molar-refractivity contribution in [2.75, 3.05) is 31.5 Å². The number of carbonyl (C=O) groups excluding carboxylic acids is 1. The Kier molecular flexibility index (Phi) is 7.44. The van der Waals surface area contributed by atoms with Crippen molar-refractivity contribution >= 4 is 34.4 Å². The largest absolute Gasteiger partial charge is 0.469 e. The number of carbonyl (C=O) groups is 1. The smallest absolute Gasteiger partial charge is 0.416 e. The normalized spacial score (nSPS) is 18.5. The molecule has 2 aromatic rings. The highest BCUT2D eigenvalue weighted by molar-refractivity contribution is 8.22. The van der Waals surface area contributed by atoms with Crippen molar-refractivity contribution < 1.29 is 45.0 Å². The molecule has 1 fully saturated rings. The molecule has 0 spiro atoms. The number of rotatable bonds is 3. The number of amidine groups is 1. The maximum atomic E-state index is 13.1. The van der Waals surface area contributed by atoms with E-state index in [0.717, 1.165) is 5.56 Å². The number of nitrogens with one attached hydrogen (secondary N) is 1. The monoisotopic (exact) mass is 566 g/mol. The number of ether oxygens (including phenoxy) is 1. The topological polar surface area (TPSA) is 123 Å². The van der Waals surface area contributed by atoms with Crippen molar-refractivity contribution in [2.24, 2.45) is 8.80 Å². The molecule has 206 valence electrons. The molecule has 17 heteroatoms. The first-order valence-corrected chi connectivity index (χ1v) is 12.3. The number of pyridine rings is 1. The van der Waals surface area contributed by atoms with Gasteiger partial charge in [0, 0.05) is 55.2 Å². The number of benzene rings is 1. The van der Waals surface area contributed by atoms with Gasteiger partial charge in [0.25, 0.3) is 5.90 Å². The molecule has 3 N–H and O–H groups in total. The fourth-order valence-corrected chi connectivity index (χ4v) is 4.42. The highest BCUT2D eigenvalue weighted by Gasteiger charge is 2.38. The Morgan fingerprint density at radius 2 is 1.53 bits per heavy atom. The number of piperazine rings is 1. The number of hydrogen-bond acceptors (Lipinski definition) is 8. The summed E-state index contributed by atoms with van der Waals surface area (Å²) in [5.41, 5.74) is -3.03. The van der Waals surface area contributed by atoms with E-state index in [4.69, 9.17) is 4.74 Å². The predicted octanol–water partition coefficient (Wildman–Crippen LogP) is 4.88. The lowest BCUT2D eigenvalue weighted by molar-refractivity contribution is -0.143. The van der Waals surface area contributed by atoms with E-state index in [2.05, 4.69) is 19.1 Å². The average Bonchev–Trinajstić information content (AvgIpc) is 3.16. The molecule has 0 atom stereocenters. The van der Waals surface area contributed by atoms with Crippen molar-refractivity contribution in [3.8, 4) is 0 Å². The molecule has 38 heavy (non-hydrogen) atoms. The number of anilines is 1. The summed E-state index contributed by atoms with van der Waals surface area (Å²) < 4.78 is 112. The van der Waals surface area contributed by atoms with Crippen molar-refractivity contribution in [3.05, 3.63) is 59.4 Å². The lowest BCUT2D eigenvalue weighted by atomic mass is 10.1. The molecule has 0 radical (unpaired) electrons. The Labute approximate surface area is 213 Å². The fraction of sp³-hybridized carbons (Fsp3) is 0.333. The van der Waals surface area contributed by atoms with Crippen molar-refractivity contribution in [1.82, 2.24) is 14.8 Å². The minimum atomic E-state index is -5.05. The summed E-state index contributed by atoms with van der Waals surface area (Å²) in [5.74, 6) is -0.0739. The van der Waals surface area contributed by atoms with Crippen LogP contribution in [0.4, 0.5) is 36.8 Å². The minimum absolute atomic E-state index is 0.00717. The SMILES string of the molecule is O=C(Nc1cc(C(F)(F)F)cc(C(F)(F)F)c1)N1CCN(C2=NS(O)(O)N=C2OCc2ccncc2)CC1. The van der Waals surface area contributed by atoms with E-state index in [1.54, 1.807) is 29.4 Å². The predicted molar refractivity (Wildman–Crippen MR) is 125 cm³/mol. The van der Waals surface area contributed by atoms with Crippen LogP contribution in [0.5, 0.6) is 0 Å². The van der Waals surface area contributed by atoms with Gasteiger partial charge in [-0.15, -0.1) is 4.40 Å². The molecule has 2 aliphatic rings. The van der Waals surface area contributed by atoms with Crippen LogP contribution < -0.4 is 5.32 Å². The number of aromatic nitrogens is 1. The van der Waals surface area contributed by atoms with E-state index < -0.39 is 46.2 Å². The molecule has 2 amide bonds. The molecular formula is C21H20F6N6O4S.